The number of halogens is 1. The molecule has 1 heterocycles. The lowest BCUT2D eigenvalue weighted by Crippen LogP contribution is -2.55. The summed E-state index contributed by atoms with van der Waals surface area (Å²) in [7, 11) is -3.92. The van der Waals surface area contributed by atoms with Crippen LogP contribution in [0, 0.1) is 0 Å². The number of anilines is 1. The van der Waals surface area contributed by atoms with Crippen molar-refractivity contribution in [3.8, 4) is 11.5 Å². The average molecular weight is 640 g/mol. The highest BCUT2D eigenvalue weighted by molar-refractivity contribution is 7.92. The first-order chi connectivity index (χ1) is 21.2. The van der Waals surface area contributed by atoms with Crippen molar-refractivity contribution >= 4 is 39.1 Å². The summed E-state index contributed by atoms with van der Waals surface area (Å²) >= 11 is 6.54. The topological polar surface area (TPSA) is 105 Å². The van der Waals surface area contributed by atoms with Crippen LogP contribution in [0.4, 0.5) is 5.69 Å². The van der Waals surface area contributed by atoms with Gasteiger partial charge in [-0.05, 0) is 42.2 Å². The first-order valence-corrected chi connectivity index (χ1v) is 17.2. The van der Waals surface area contributed by atoms with Gasteiger partial charge in [-0.2, -0.15) is 0 Å². The number of sulfonamides is 1. The molecule has 0 aromatic heterocycles. The maximum atomic E-state index is 14.3. The second kappa shape index (κ2) is 14.3. The predicted molar refractivity (Wildman–Crippen MR) is 171 cm³/mol. The number of nitrogens with zero attached hydrogens (tertiary/aromatic N) is 2. The van der Waals surface area contributed by atoms with E-state index in [1.807, 2.05) is 36.4 Å². The third-order valence-corrected chi connectivity index (χ3v) is 9.52. The van der Waals surface area contributed by atoms with Crippen molar-refractivity contribution in [1.29, 1.82) is 0 Å². The molecule has 234 valence electrons. The van der Waals surface area contributed by atoms with E-state index in [0.29, 0.717) is 35.3 Å². The van der Waals surface area contributed by atoms with E-state index in [0.717, 1.165) is 48.2 Å². The molecule has 44 heavy (non-hydrogen) atoms. The fourth-order valence-electron chi connectivity index (χ4n) is 5.71. The second-order valence-electron chi connectivity index (χ2n) is 11.3. The zero-order valence-electron chi connectivity index (χ0n) is 24.8. The van der Waals surface area contributed by atoms with Crippen molar-refractivity contribution in [2.45, 2.75) is 57.2 Å². The summed E-state index contributed by atoms with van der Waals surface area (Å²) in [4.78, 5) is 29.9. The number of carbonyl (C=O) groups excluding carboxylic acids is 2. The lowest BCUT2D eigenvalue weighted by Gasteiger charge is -2.35. The Morgan fingerprint density at radius 3 is 2.32 bits per heavy atom. The molecule has 1 aliphatic heterocycles. The number of carbonyl (C=O) groups is 2. The van der Waals surface area contributed by atoms with Gasteiger partial charge in [0.15, 0.2) is 11.5 Å². The molecule has 2 amide bonds. The van der Waals surface area contributed by atoms with Crippen molar-refractivity contribution in [2.75, 3.05) is 30.3 Å². The van der Waals surface area contributed by atoms with E-state index in [4.69, 9.17) is 21.1 Å². The molecule has 1 fully saturated rings. The Labute approximate surface area is 264 Å². The van der Waals surface area contributed by atoms with E-state index in [1.54, 1.807) is 36.4 Å². The molecule has 11 heteroatoms. The molecule has 5 rings (SSSR count). The second-order valence-corrected chi connectivity index (χ2v) is 13.6. The van der Waals surface area contributed by atoms with E-state index in [2.05, 4.69) is 5.32 Å². The van der Waals surface area contributed by atoms with Gasteiger partial charge in [-0.25, -0.2) is 8.42 Å². The van der Waals surface area contributed by atoms with E-state index in [-0.39, 0.29) is 30.6 Å². The van der Waals surface area contributed by atoms with Crippen LogP contribution < -0.4 is 19.1 Å². The Morgan fingerprint density at radius 2 is 1.61 bits per heavy atom. The van der Waals surface area contributed by atoms with Crippen molar-refractivity contribution in [2.24, 2.45) is 0 Å². The van der Waals surface area contributed by atoms with E-state index >= 15 is 0 Å². The van der Waals surface area contributed by atoms with E-state index < -0.39 is 28.5 Å². The molecule has 1 aliphatic carbocycles. The predicted octanol–water partition coefficient (Wildman–Crippen LogP) is 4.97. The number of ether oxygens (including phenoxy) is 2. The molecular weight excluding hydrogens is 602 g/mol. The van der Waals surface area contributed by atoms with Crippen LogP contribution >= 0.6 is 11.6 Å². The summed E-state index contributed by atoms with van der Waals surface area (Å²) in [6.45, 7) is 0.220. The summed E-state index contributed by atoms with van der Waals surface area (Å²) < 4.78 is 38.5. The van der Waals surface area contributed by atoms with Crippen LogP contribution in [0.15, 0.2) is 72.8 Å². The summed E-state index contributed by atoms with van der Waals surface area (Å²) in [6, 6.07) is 20.5. The number of amides is 2. The summed E-state index contributed by atoms with van der Waals surface area (Å²) in [5.41, 5.74) is 1.78. The lowest BCUT2D eigenvalue weighted by atomic mass is 9.94. The van der Waals surface area contributed by atoms with Crippen LogP contribution in [0.3, 0.4) is 0 Å². The van der Waals surface area contributed by atoms with E-state index in [1.165, 1.54) is 4.90 Å². The number of hydrogen-bond donors (Lipinski definition) is 1. The number of benzene rings is 3. The largest absolute Gasteiger partial charge is 0.486 e. The van der Waals surface area contributed by atoms with Gasteiger partial charge in [0, 0.05) is 30.1 Å². The number of fused-ring (bicyclic) bond motifs is 1. The van der Waals surface area contributed by atoms with Gasteiger partial charge < -0.3 is 19.7 Å². The third kappa shape index (κ3) is 8.04. The van der Waals surface area contributed by atoms with Gasteiger partial charge in [0.2, 0.25) is 21.8 Å². The van der Waals surface area contributed by atoms with Crippen LogP contribution in [0.25, 0.3) is 0 Å². The zero-order chi connectivity index (χ0) is 31.1. The van der Waals surface area contributed by atoms with Crippen LogP contribution in [-0.2, 0) is 32.6 Å². The van der Waals surface area contributed by atoms with Gasteiger partial charge in [-0.15, -0.1) is 0 Å². The Morgan fingerprint density at radius 1 is 0.932 bits per heavy atom. The Kier molecular flexibility index (Phi) is 10.3. The maximum absolute atomic E-state index is 14.3. The third-order valence-electron chi connectivity index (χ3n) is 8.01. The highest BCUT2D eigenvalue weighted by Gasteiger charge is 2.34. The van der Waals surface area contributed by atoms with E-state index in [9.17, 15) is 18.0 Å². The summed E-state index contributed by atoms with van der Waals surface area (Å²) in [5, 5.41) is 3.64. The van der Waals surface area contributed by atoms with Gasteiger partial charge in [0.25, 0.3) is 0 Å². The lowest BCUT2D eigenvalue weighted by molar-refractivity contribution is -0.140. The van der Waals surface area contributed by atoms with Gasteiger partial charge >= 0.3 is 0 Å². The molecule has 1 atom stereocenters. The molecule has 0 radical (unpaired) electrons. The van der Waals surface area contributed by atoms with Crippen molar-refractivity contribution in [3.63, 3.8) is 0 Å². The maximum Gasteiger partial charge on any atom is 0.244 e. The molecule has 9 nitrogen and oxygen atoms in total. The van der Waals surface area contributed by atoms with Crippen LogP contribution in [0.1, 0.15) is 43.2 Å². The van der Waals surface area contributed by atoms with Crippen molar-refractivity contribution in [1.82, 2.24) is 10.2 Å². The first-order valence-electron chi connectivity index (χ1n) is 14.9. The molecule has 0 spiro atoms. The fourth-order valence-corrected chi connectivity index (χ4v) is 6.75. The average Bonchev–Trinajstić information content (AvgIpc) is 3.02. The first kappa shape index (κ1) is 31.7. The molecular formula is C33H38ClN3O6S. The van der Waals surface area contributed by atoms with Crippen LogP contribution in [-0.4, -0.2) is 63.2 Å². The van der Waals surface area contributed by atoms with Crippen molar-refractivity contribution < 1.29 is 27.5 Å². The normalized spacial score (nSPS) is 15.7. The summed E-state index contributed by atoms with van der Waals surface area (Å²) in [5.74, 6) is 0.0929. The van der Waals surface area contributed by atoms with Gasteiger partial charge in [-0.3, -0.25) is 13.9 Å². The molecule has 0 saturated heterocycles. The smallest absolute Gasteiger partial charge is 0.244 e. The minimum Gasteiger partial charge on any atom is -0.486 e. The fraction of sp³-hybridized carbons (Fsp3) is 0.394. The molecule has 0 bridgehead atoms. The van der Waals surface area contributed by atoms with Gasteiger partial charge in [0.05, 0.1) is 11.9 Å². The molecule has 1 N–H and O–H groups in total. The standard InChI is InChI=1S/C33H38ClN3O6S/c1-44(40,41)37(27-16-17-30-31(21-27)43-19-18-42-30)23-32(38)36(22-25-12-8-9-15-28(25)34)29(20-24-10-4-2-5-11-24)33(39)35-26-13-6-3-7-14-26/h2,4-5,8-12,15-17,21,26,29H,3,6-7,13-14,18-20,22-23H2,1H3,(H,35,39). The zero-order valence-corrected chi connectivity index (χ0v) is 26.4. The highest BCUT2D eigenvalue weighted by atomic mass is 35.5. The minimum atomic E-state index is -3.92. The van der Waals surface area contributed by atoms with Gasteiger partial charge in [-0.1, -0.05) is 79.4 Å². The van der Waals surface area contributed by atoms with Gasteiger partial charge in [0.1, 0.15) is 25.8 Å². The highest BCUT2D eigenvalue weighted by Crippen LogP contribution is 2.35. The molecule has 1 saturated carbocycles. The Bertz CT molecular complexity index is 1560. The van der Waals surface area contributed by atoms with Crippen LogP contribution in [0.2, 0.25) is 5.02 Å². The molecule has 3 aromatic rings. The Balaban J connectivity index is 1.51. The molecule has 3 aromatic carbocycles. The quantitative estimate of drug-likeness (QED) is 0.318. The number of rotatable bonds is 11. The molecule has 2 aliphatic rings. The SMILES string of the molecule is CS(=O)(=O)N(CC(=O)N(Cc1ccccc1Cl)C(Cc1ccccc1)C(=O)NC1CCCCC1)c1ccc2c(c1)OCCO2. The molecule has 1 unspecified atom stereocenters. The number of nitrogens with one attached hydrogen (secondary N) is 1. The minimum absolute atomic E-state index is 0.0207. The number of hydrogen-bond acceptors (Lipinski definition) is 6. The monoisotopic (exact) mass is 639 g/mol. The van der Waals surface area contributed by atoms with Crippen LogP contribution in [0.5, 0.6) is 11.5 Å². The Hall–Kier alpha value is -3.76. The summed E-state index contributed by atoms with van der Waals surface area (Å²) in [6.07, 6.45) is 6.27. The van der Waals surface area contributed by atoms with Crippen molar-refractivity contribution in [3.05, 3.63) is 88.9 Å².